The molecule has 2 N–H and O–H groups in total. The normalized spacial score (nSPS) is 7.91. The number of thioether (sulfide) groups is 1. The van der Waals surface area contributed by atoms with Gasteiger partial charge in [-0.3, -0.25) is 0 Å². The molecule has 0 amide bonds. The van der Waals surface area contributed by atoms with Gasteiger partial charge in [0.25, 0.3) is 0 Å². The van der Waals surface area contributed by atoms with Crippen LogP contribution in [0.5, 0.6) is 0 Å². The van der Waals surface area contributed by atoms with E-state index < -0.39 is 0 Å². The van der Waals surface area contributed by atoms with E-state index in [1.165, 1.54) is 0 Å². The van der Waals surface area contributed by atoms with Gasteiger partial charge in [-0.1, -0.05) is 0 Å². The van der Waals surface area contributed by atoms with Crippen molar-refractivity contribution in [1.82, 2.24) is 0 Å². The van der Waals surface area contributed by atoms with Crippen molar-refractivity contribution in [3.8, 4) is 0 Å². The largest absolute Gasteiger partial charge is 0.870 e. The molecule has 0 bridgehead atoms. The van der Waals surface area contributed by atoms with E-state index in [9.17, 15) is 0 Å². The maximum Gasteiger partial charge on any atom is -0.870 e. The molecule has 11 heavy (non-hydrogen) atoms. The second kappa shape index (κ2) is 6.28. The topological polar surface area (TPSA) is 60.0 Å². The van der Waals surface area contributed by atoms with Crippen LogP contribution in [-0.2, 0) is 0 Å². The van der Waals surface area contributed by atoms with Gasteiger partial charge < -0.3 is 11.0 Å². The molecular formula is C7H9BO2S. The molecule has 0 aliphatic heterocycles. The van der Waals surface area contributed by atoms with Crippen molar-refractivity contribution in [3.05, 3.63) is 24.3 Å². The molecule has 0 radical (unpaired) electrons. The molecule has 1 aromatic carbocycles. The van der Waals surface area contributed by atoms with Crippen LogP contribution in [0.25, 0.3) is 0 Å². The molecule has 0 fully saturated rings. The Kier molecular flexibility index (Phi) is 7.51. The zero-order chi connectivity index (χ0) is 6.69. The molecule has 0 saturated carbocycles. The third-order valence-electron chi connectivity index (χ3n) is 1.14. The number of rotatable bonds is 1. The molecule has 0 unspecified atom stereocenters. The molecule has 58 valence electrons. The van der Waals surface area contributed by atoms with Crippen LogP contribution in [0.3, 0.4) is 0 Å². The quantitative estimate of drug-likeness (QED) is 0.461. The monoisotopic (exact) mass is 168 g/mol. The summed E-state index contributed by atoms with van der Waals surface area (Å²) in [5.41, 5.74) is 0.866. The minimum Gasteiger partial charge on any atom is -0.870 e. The third kappa shape index (κ3) is 3.46. The van der Waals surface area contributed by atoms with Gasteiger partial charge in [0.2, 0.25) is 0 Å². The van der Waals surface area contributed by atoms with E-state index in [-0.39, 0.29) is 11.0 Å². The Balaban J connectivity index is 0. The van der Waals surface area contributed by atoms with Gasteiger partial charge in [-0.05, 0) is 0 Å². The summed E-state index contributed by atoms with van der Waals surface area (Å²) in [5.74, 6) is 0. The van der Waals surface area contributed by atoms with Crippen LogP contribution in [0.4, 0.5) is 0 Å². The Morgan fingerprint density at radius 3 is 2.09 bits per heavy atom. The van der Waals surface area contributed by atoms with E-state index in [1.54, 1.807) is 11.8 Å². The minimum atomic E-state index is 0. The van der Waals surface area contributed by atoms with E-state index >= 15 is 0 Å². The van der Waals surface area contributed by atoms with E-state index in [1.807, 2.05) is 30.5 Å². The summed E-state index contributed by atoms with van der Waals surface area (Å²) in [7, 11) is 5.61. The van der Waals surface area contributed by atoms with Crippen LogP contribution in [0, 0.1) is 0 Å². The summed E-state index contributed by atoms with van der Waals surface area (Å²) < 4.78 is 0. The van der Waals surface area contributed by atoms with Gasteiger partial charge in [-0.25, -0.2) is 0 Å². The van der Waals surface area contributed by atoms with Crippen molar-refractivity contribution >= 4 is 25.1 Å². The van der Waals surface area contributed by atoms with Crippen LogP contribution in [-0.4, -0.2) is 25.1 Å². The van der Waals surface area contributed by atoms with Crippen molar-refractivity contribution in [2.24, 2.45) is 0 Å². The molecule has 4 heteroatoms. The molecule has 0 aromatic heterocycles. The summed E-state index contributed by atoms with van der Waals surface area (Å²) in [6.07, 6.45) is 2.02. The molecule has 0 atom stereocenters. The Bertz CT molecular complexity index is 205. The first kappa shape index (κ1) is 13.2. The first-order valence-electron chi connectivity index (χ1n) is 2.73. The summed E-state index contributed by atoms with van der Waals surface area (Å²) in [6, 6.07) is 7.85. The predicted molar refractivity (Wildman–Crippen MR) is 47.5 cm³/mol. The molecule has 1 aromatic rings. The maximum atomic E-state index is 5.61. The van der Waals surface area contributed by atoms with Crippen molar-refractivity contribution in [2.45, 2.75) is 4.90 Å². The summed E-state index contributed by atoms with van der Waals surface area (Å²) in [4.78, 5) is 1.15. The smallest absolute Gasteiger partial charge is 0.870 e. The van der Waals surface area contributed by atoms with Crippen LogP contribution < -0.4 is 5.46 Å². The van der Waals surface area contributed by atoms with Gasteiger partial charge in [0.1, 0.15) is 0 Å². The minimum absolute atomic E-state index is 0. The second-order valence-electron chi connectivity index (χ2n) is 1.74. The average Bonchev–Trinajstić information content (AvgIpc) is 1.89. The summed E-state index contributed by atoms with van der Waals surface area (Å²) in [5, 5.41) is 0. The first-order valence-corrected chi connectivity index (χ1v) is 3.95. The van der Waals surface area contributed by atoms with Gasteiger partial charge in [0.15, 0.2) is 0 Å². The zero-order valence-electron chi connectivity index (χ0n) is 6.19. The molecule has 0 spiro atoms. The van der Waals surface area contributed by atoms with E-state index in [4.69, 9.17) is 7.85 Å². The number of hydrogen-bond acceptors (Lipinski definition) is 3. The molecular weight excluding hydrogens is 159 g/mol. The van der Waals surface area contributed by atoms with Gasteiger partial charge >= 0.3 is 60.5 Å². The van der Waals surface area contributed by atoms with Gasteiger partial charge in [-0.2, -0.15) is 0 Å². The number of hydrogen-bond donors (Lipinski definition) is 0. The number of benzene rings is 1. The van der Waals surface area contributed by atoms with Gasteiger partial charge in [-0.15, -0.1) is 0 Å². The van der Waals surface area contributed by atoms with Gasteiger partial charge in [0, 0.05) is 0 Å². The zero-order valence-corrected chi connectivity index (χ0v) is 7.01. The van der Waals surface area contributed by atoms with Crippen LogP contribution >= 0.6 is 11.8 Å². The van der Waals surface area contributed by atoms with Gasteiger partial charge in [0.05, 0.1) is 0 Å². The Hall–Kier alpha value is -0.445. The van der Waals surface area contributed by atoms with Crippen molar-refractivity contribution < 1.29 is 11.0 Å². The summed E-state index contributed by atoms with van der Waals surface area (Å²) >= 11 is 1.67. The molecule has 0 heterocycles. The van der Waals surface area contributed by atoms with Crippen LogP contribution in [0.15, 0.2) is 29.2 Å². The van der Waals surface area contributed by atoms with E-state index in [0.717, 1.165) is 10.4 Å². The first-order chi connectivity index (χ1) is 4.34. The second-order valence-corrected chi connectivity index (χ2v) is 2.59. The Labute approximate surface area is 72.0 Å². The van der Waals surface area contributed by atoms with E-state index in [0.29, 0.717) is 0 Å². The van der Waals surface area contributed by atoms with Crippen molar-refractivity contribution in [1.29, 1.82) is 0 Å². The standard InChI is InChI=1S/C7H7BS.2H2O/c1-9-7-5-3-2-4-6(7)8;;/h2-5H,1H3;2*1H2/q+2;;/p-2. The Morgan fingerprint density at radius 1 is 1.18 bits per heavy atom. The molecule has 2 nitrogen and oxygen atoms in total. The van der Waals surface area contributed by atoms with Crippen LogP contribution in [0.2, 0.25) is 0 Å². The summed E-state index contributed by atoms with van der Waals surface area (Å²) in [6.45, 7) is 0. The fraction of sp³-hybridized carbons (Fsp3) is 0.143. The fourth-order valence-corrected chi connectivity index (χ4v) is 1.18. The molecule has 1 rings (SSSR count). The maximum absolute atomic E-state index is 5.61. The molecule has 0 saturated heterocycles. The Morgan fingerprint density at radius 2 is 1.73 bits per heavy atom. The third-order valence-corrected chi connectivity index (χ3v) is 1.95. The van der Waals surface area contributed by atoms with Crippen molar-refractivity contribution in [2.75, 3.05) is 6.26 Å². The predicted octanol–water partition coefficient (Wildman–Crippen LogP) is 0.849. The molecule has 0 aliphatic carbocycles. The SMILES string of the molecule is [B+2]c1ccccc1SC.[OH-].[OH-]. The fourth-order valence-electron chi connectivity index (χ4n) is 0.666. The van der Waals surface area contributed by atoms with E-state index in [2.05, 4.69) is 0 Å². The van der Waals surface area contributed by atoms with Crippen molar-refractivity contribution in [3.63, 3.8) is 0 Å². The average molecular weight is 168 g/mol. The van der Waals surface area contributed by atoms with Crippen LogP contribution in [0.1, 0.15) is 0 Å². The molecule has 0 aliphatic rings.